The Morgan fingerprint density at radius 3 is 2.17 bits per heavy atom. The van der Waals surface area contributed by atoms with Gasteiger partial charge in [-0.3, -0.25) is 58.1 Å². The van der Waals surface area contributed by atoms with Gasteiger partial charge in [0.2, 0.25) is 65.0 Å². The smallest absolute Gasteiger partial charge is 0.409 e. The Balaban J connectivity index is 0.929. The van der Waals surface area contributed by atoms with Crippen LogP contribution in [0.4, 0.5) is 10.5 Å². The van der Waals surface area contributed by atoms with E-state index in [-0.39, 0.29) is 78.0 Å². The molecule has 4 bridgehead atoms. The van der Waals surface area contributed by atoms with Crippen molar-refractivity contribution in [1.29, 1.82) is 0 Å². The van der Waals surface area contributed by atoms with Gasteiger partial charge in [-0.25, -0.2) is 9.59 Å². The number of carbonyl (C=O) groups excluding carboxylic acids is 13. The first-order valence-corrected chi connectivity index (χ1v) is 46.6. The highest BCUT2D eigenvalue weighted by Crippen LogP contribution is 2.49. The predicted octanol–water partition coefficient (Wildman–Crippen LogP) is 3.88. The van der Waals surface area contributed by atoms with Crippen LogP contribution >= 0.6 is 54.8 Å². The first kappa shape index (κ1) is 99.7. The number of amides is 12. The summed E-state index contributed by atoms with van der Waals surface area (Å²) in [4.78, 5) is 193. The van der Waals surface area contributed by atoms with Crippen molar-refractivity contribution in [2.75, 3.05) is 62.8 Å². The van der Waals surface area contributed by atoms with Crippen molar-refractivity contribution in [3.8, 4) is 11.5 Å². The van der Waals surface area contributed by atoms with E-state index in [1.807, 2.05) is 13.0 Å². The van der Waals surface area contributed by atoms with Gasteiger partial charge in [-0.15, -0.1) is 0 Å². The molecule has 40 heteroatoms. The van der Waals surface area contributed by atoms with Gasteiger partial charge in [0.1, 0.15) is 94.8 Å². The lowest BCUT2D eigenvalue weighted by atomic mass is 9.83. The number of primary amides is 1. The molecule has 684 valence electrons. The summed E-state index contributed by atoms with van der Waals surface area (Å²) in [6.45, 7) is 9.37. The zero-order valence-corrected chi connectivity index (χ0v) is 75.7. The van der Waals surface area contributed by atoms with Gasteiger partial charge in [0.05, 0.1) is 31.4 Å². The van der Waals surface area contributed by atoms with Crippen LogP contribution in [-0.2, 0) is 102 Å². The van der Waals surface area contributed by atoms with E-state index in [0.717, 1.165) is 53.6 Å². The van der Waals surface area contributed by atoms with Crippen LogP contribution in [0, 0.1) is 5.92 Å². The fourth-order valence-electron chi connectivity index (χ4n) is 14.8. The lowest BCUT2D eigenvalue weighted by molar-refractivity contribution is -0.162. The fourth-order valence-corrected chi connectivity index (χ4v) is 19.6. The van der Waals surface area contributed by atoms with Crippen molar-refractivity contribution >= 4 is 148 Å². The van der Waals surface area contributed by atoms with Gasteiger partial charge in [-0.1, -0.05) is 159 Å². The maximum Gasteiger partial charge on any atom is 0.409 e. The van der Waals surface area contributed by atoms with E-state index >= 15 is 14.4 Å². The Hall–Kier alpha value is -10.1. The Morgan fingerprint density at radius 1 is 0.817 bits per heavy atom. The number of halogens is 1. The standard InChI is InChI=1S/C86H113ClN14O21S4/c1-46-20-19-26-68(119-10)86(117)41-67(120-84(116)99-86)47(2)74-85(6,122-74)69(40-71(106)101(8)65-37-53(34-46)38-66(118-9)72(65)87)121-83(115)48(3)100(7)70(105)31-33-123-124-43-62(75(89)107)95-81(113)64-45-126-125-44-63(96-77(109)59(91-50(5)103)35-51-21-13-11-14-22-51)80(112)93-60(36-52-27-29-55(104)30-28-52)78(110)94-61(39-54-42-90-57-24-17-16-23-56(54)57)79(111)92-58(25-15-12-18-32-88)76(108)98-73(49(4)102)82(114)97-64/h11,13-14,16-17,19-24,26-30,37-38,42,47-49,58-64,67-69,73-74,90,102,104,117H,12,15,18,25,31-36,39-41,43-45,88H2,1-10H3,(H2,89,107)(H,91,103)(H,92,111)(H,93,112)(H,94,110)(H,95,113)(H,96,109)(H,97,114)(H,98,108)(H,99,116)/b26-19+,46-20+/t47-,48+,49-,58+,59-,60+,61-,62+,63+,64+,67+,68-,69+,73+,74+,85+,86+/m1/s1. The number of nitrogens with one attached hydrogen (secondary N) is 10. The summed E-state index contributed by atoms with van der Waals surface area (Å²) in [5.74, 6) is -11.7. The molecule has 9 rings (SSSR count). The highest BCUT2D eigenvalue weighted by atomic mass is 35.5. The molecule has 0 aliphatic carbocycles. The van der Waals surface area contributed by atoms with E-state index in [0.29, 0.717) is 65.4 Å². The summed E-state index contributed by atoms with van der Waals surface area (Å²) in [6, 6.07) is 11.6. The second-order valence-electron chi connectivity index (χ2n) is 31.8. The summed E-state index contributed by atoms with van der Waals surface area (Å²) >= 11 is 6.90. The van der Waals surface area contributed by atoms with E-state index in [1.54, 1.807) is 98.9 Å². The highest BCUT2D eigenvalue weighted by Gasteiger charge is 2.65. The van der Waals surface area contributed by atoms with Crippen LogP contribution in [0.1, 0.15) is 109 Å². The SMILES string of the molecule is COc1cc2cc(c1Cl)N(C)C(=O)C[C@H](OC(=O)[C@H](C)N(C)C(=O)CCSSC[C@H](NC(=O)[C@@H]1CSSC[C@H](NC(=O)[C@@H](Cc3ccccc3)NC(C)=O)C(=O)N[C@@H](Cc3ccc(O)cc3)C(=O)N[C@H](Cc3c[nH]c4ccccc34)C(=O)N[C@@H](CCCCCN)C(=O)N[C@@H]([C@@H](C)O)C(=O)N1)C(N)=O)[C@]1(C)O[C@H]1[C@H](C)[C@@H]1C[C@@](O)(NC(=O)O1)[C@H](OC)/C=C/C=C(\C)C2. The number of nitrogens with zero attached hydrogens (tertiary/aromatic N) is 2. The van der Waals surface area contributed by atoms with Crippen molar-refractivity contribution in [3.63, 3.8) is 0 Å². The Morgan fingerprint density at radius 2 is 1.49 bits per heavy atom. The number of nitrogens with two attached hydrogens (primary N) is 2. The largest absolute Gasteiger partial charge is 0.508 e. The number of methoxy groups -OCH3 is 2. The maximum absolute atomic E-state index is 15.2. The summed E-state index contributed by atoms with van der Waals surface area (Å²) in [5, 5.41) is 58.5. The van der Waals surface area contributed by atoms with Gasteiger partial charge in [-0.2, -0.15) is 0 Å². The number of benzene rings is 4. The van der Waals surface area contributed by atoms with Crippen LogP contribution in [0.15, 0.2) is 121 Å². The van der Waals surface area contributed by atoms with Crippen molar-refractivity contribution in [2.24, 2.45) is 17.4 Å². The molecule has 35 nitrogen and oxygen atoms in total. The quantitative estimate of drug-likeness (QED) is 0.0140. The van der Waals surface area contributed by atoms with Crippen molar-refractivity contribution < 1.29 is 101 Å². The number of unbranched alkanes of at least 4 members (excludes halogenated alkanes) is 2. The second-order valence-corrected chi connectivity index (χ2v) is 37.4. The number of phenolic OH excluding ortho intramolecular Hbond substituents is 1. The number of para-hydroxylation sites is 1. The number of hydrogen-bond donors (Lipinski definition) is 15. The molecule has 3 fully saturated rings. The van der Waals surface area contributed by atoms with Crippen molar-refractivity contribution in [2.45, 2.75) is 208 Å². The number of alkyl carbamates (subject to hydrolysis) is 1. The van der Waals surface area contributed by atoms with Crippen LogP contribution in [0.5, 0.6) is 11.5 Å². The third-order valence-corrected chi connectivity index (χ3v) is 27.5. The first-order valence-electron chi connectivity index (χ1n) is 41.2. The minimum atomic E-state index is -1.96. The molecular formula is C86H113ClN14O21S4. The Kier molecular flexibility index (Phi) is 36.8. The molecular weight excluding hydrogens is 1730 g/mol. The van der Waals surface area contributed by atoms with Gasteiger partial charge in [0, 0.05) is 106 Å². The maximum atomic E-state index is 15.2. The van der Waals surface area contributed by atoms with E-state index in [2.05, 4.69) is 52.8 Å². The van der Waals surface area contributed by atoms with Crippen molar-refractivity contribution in [1.82, 2.24) is 57.7 Å². The number of anilines is 1. The number of aromatic amines is 1. The average molecular weight is 1840 g/mol. The number of ether oxygens (including phenoxy) is 5. The number of aromatic hydroxyl groups is 1. The summed E-state index contributed by atoms with van der Waals surface area (Å²) < 4.78 is 29.7. The number of carbonyl (C=O) groups is 13. The number of aliphatic hydroxyl groups is 2. The molecule has 5 aromatic rings. The number of aromatic nitrogens is 1. The number of H-pyrrole nitrogens is 1. The number of rotatable bonds is 29. The van der Waals surface area contributed by atoms with Gasteiger partial charge in [0.15, 0.2) is 5.72 Å². The molecule has 5 heterocycles. The average Bonchev–Trinajstić information content (AvgIpc) is 1.57. The molecule has 4 aliphatic heterocycles. The van der Waals surface area contributed by atoms with Crippen LogP contribution in [0.25, 0.3) is 10.9 Å². The Labute approximate surface area is 751 Å². The lowest BCUT2D eigenvalue weighted by Crippen LogP contribution is -2.63. The topological polar surface area (TPSA) is 515 Å². The predicted molar refractivity (Wildman–Crippen MR) is 479 cm³/mol. The number of hydrogen-bond acceptors (Lipinski definition) is 26. The first-order chi connectivity index (χ1) is 59.9. The molecule has 4 aromatic carbocycles. The van der Waals surface area contributed by atoms with Gasteiger partial charge < -0.3 is 108 Å². The lowest BCUT2D eigenvalue weighted by Gasteiger charge is -2.42. The molecule has 4 aliphatic rings. The molecule has 12 amide bonds. The van der Waals surface area contributed by atoms with Gasteiger partial charge in [-0.05, 0) is 106 Å². The van der Waals surface area contributed by atoms with E-state index < -0.39 is 191 Å². The van der Waals surface area contributed by atoms with Crippen LogP contribution in [0.2, 0.25) is 5.02 Å². The number of likely N-dealkylation sites (N-methyl/N-ethyl adjacent to an activating group) is 1. The zero-order chi connectivity index (χ0) is 91.9. The van der Waals surface area contributed by atoms with Crippen LogP contribution in [0.3, 0.4) is 0 Å². The molecule has 0 radical (unpaired) electrons. The number of esters is 1. The van der Waals surface area contributed by atoms with Crippen LogP contribution in [-0.4, -0.2) is 256 Å². The number of aliphatic hydroxyl groups excluding tert-OH is 1. The molecule has 126 heavy (non-hydrogen) atoms. The fraction of sp³-hybridized carbons (Fsp3) is 0.500. The van der Waals surface area contributed by atoms with E-state index in [4.69, 9.17) is 46.8 Å². The summed E-state index contributed by atoms with van der Waals surface area (Å²) in [6.07, 6.45) is 0.223. The zero-order valence-electron chi connectivity index (χ0n) is 71.7. The van der Waals surface area contributed by atoms with E-state index in [9.17, 15) is 63.3 Å². The molecule has 17 N–H and O–H groups in total. The molecule has 0 spiro atoms. The second kappa shape index (κ2) is 46.6. The van der Waals surface area contributed by atoms with Gasteiger partial charge >= 0.3 is 12.1 Å². The van der Waals surface area contributed by atoms with Crippen molar-refractivity contribution in [3.05, 3.63) is 148 Å². The summed E-state index contributed by atoms with van der Waals surface area (Å²) in [7, 11) is 9.64. The third-order valence-electron chi connectivity index (χ3n) is 22.3. The van der Waals surface area contributed by atoms with Gasteiger partial charge in [0.25, 0.3) is 0 Å². The van der Waals surface area contributed by atoms with Crippen LogP contribution < -0.4 is 69.0 Å². The Bertz CT molecular complexity index is 4780. The number of epoxide rings is 1. The highest BCUT2D eigenvalue weighted by molar-refractivity contribution is 8.77. The monoisotopic (exact) mass is 1840 g/mol. The minimum absolute atomic E-state index is 0.0308. The molecule has 1 aromatic heterocycles. The summed E-state index contributed by atoms with van der Waals surface area (Å²) in [5.41, 5.74) is 12.6. The number of allylic oxidation sites excluding steroid dienone is 3. The molecule has 0 saturated carbocycles. The molecule has 3 saturated heterocycles. The number of fused-ring (bicyclic) bond motifs is 6. The number of phenols is 1. The third kappa shape index (κ3) is 27.5. The molecule has 17 atom stereocenters. The van der Waals surface area contributed by atoms with E-state index in [1.165, 1.54) is 78.3 Å². The minimum Gasteiger partial charge on any atom is -0.508 e. The molecule has 0 unspecified atom stereocenters. The normalized spacial score (nSPS) is 26.0.